The summed E-state index contributed by atoms with van der Waals surface area (Å²) in [6.07, 6.45) is -10.9. The molecule has 3 fully saturated rings. The van der Waals surface area contributed by atoms with Crippen molar-refractivity contribution < 1.29 is 101 Å². The minimum Gasteiger partial charge on any atom is -0.508 e. The fourth-order valence-corrected chi connectivity index (χ4v) is 15.1. The minimum absolute atomic E-state index is 0.0311. The third-order valence-electron chi connectivity index (χ3n) is 20.3. The Kier molecular flexibility index (Phi) is 20.6. The number of hydrogen-bond donors (Lipinski definition) is 7. The smallest absolute Gasteiger partial charge is 0.338 e. The lowest BCUT2D eigenvalue weighted by Gasteiger charge is -2.67. The Hall–Kier alpha value is -10.9. The van der Waals surface area contributed by atoms with Crippen LogP contribution in [0.25, 0.3) is 33.4 Å². The van der Waals surface area contributed by atoms with E-state index < -0.39 is 149 Å². The molecule has 3 amide bonds. The highest BCUT2D eigenvalue weighted by Gasteiger charge is 2.79. The van der Waals surface area contributed by atoms with E-state index in [1.165, 1.54) is 107 Å². The number of aliphatic hydroxyl groups excluding tert-OH is 1. The van der Waals surface area contributed by atoms with Gasteiger partial charge >= 0.3 is 35.8 Å². The van der Waals surface area contributed by atoms with Gasteiger partial charge in [0.05, 0.1) is 35.1 Å². The number of carboxylic acids is 1. The molecule has 5 aromatic carbocycles. The Labute approximate surface area is 584 Å². The number of aromatic carboxylic acids is 1. The van der Waals surface area contributed by atoms with E-state index in [2.05, 4.69) is 16.0 Å². The van der Waals surface area contributed by atoms with Crippen molar-refractivity contribution in [1.29, 1.82) is 0 Å². The molecule has 1 saturated heterocycles. The summed E-state index contributed by atoms with van der Waals surface area (Å²) in [6.45, 7) is 8.96. The van der Waals surface area contributed by atoms with Crippen LogP contribution in [0.3, 0.4) is 0 Å². The molecule has 2 heterocycles. The summed E-state index contributed by atoms with van der Waals surface area (Å²) in [4.78, 5) is 154. The first-order chi connectivity index (χ1) is 48.5. The van der Waals surface area contributed by atoms with Crippen molar-refractivity contribution in [3.8, 4) is 28.2 Å². The highest BCUT2D eigenvalue weighted by Crippen LogP contribution is 2.65. The molecule has 2 saturated carbocycles. The molecule has 2 bridgehead atoms. The van der Waals surface area contributed by atoms with E-state index in [4.69, 9.17) is 32.8 Å². The Morgan fingerprint density at radius 3 is 2.01 bits per heavy atom. The molecule has 0 unspecified atom stereocenters. The van der Waals surface area contributed by atoms with Gasteiger partial charge in [0.2, 0.25) is 5.91 Å². The molecule has 12 atom stereocenters. The molecule has 4 aliphatic carbocycles. The number of amides is 3. The van der Waals surface area contributed by atoms with Crippen molar-refractivity contribution in [2.24, 2.45) is 16.7 Å². The van der Waals surface area contributed by atoms with Crippen LogP contribution in [0.15, 0.2) is 166 Å². The van der Waals surface area contributed by atoms with Gasteiger partial charge in [0.25, 0.3) is 11.8 Å². The number of esters is 5. The molecule has 5 aromatic rings. The number of hydrogen-bond acceptors (Lipinski definition) is 21. The largest absolute Gasteiger partial charge is 0.508 e. The van der Waals surface area contributed by atoms with E-state index in [-0.39, 0.29) is 87.3 Å². The molecular weight excluding hydrogens is 1320 g/mol. The van der Waals surface area contributed by atoms with Gasteiger partial charge in [-0.05, 0) is 117 Å². The lowest BCUT2D eigenvalue weighted by molar-refractivity contribution is -0.346. The van der Waals surface area contributed by atoms with Gasteiger partial charge in [0, 0.05) is 84.8 Å². The van der Waals surface area contributed by atoms with Gasteiger partial charge in [-0.25, -0.2) is 19.2 Å². The van der Waals surface area contributed by atoms with Crippen molar-refractivity contribution in [3.63, 3.8) is 0 Å². The number of phenolic OH excluding ortho intramolecular Hbond substituents is 1. The molecule has 7 N–H and O–H groups in total. The molecule has 0 aromatic heterocycles. The third-order valence-corrected chi connectivity index (χ3v) is 20.3. The quantitative estimate of drug-likeness (QED) is 0.0111. The zero-order valence-electron chi connectivity index (χ0n) is 56.8. The molecule has 11 rings (SSSR count). The number of ether oxygens (including phenoxy) is 6. The summed E-state index contributed by atoms with van der Waals surface area (Å²) in [7, 11) is 0. The van der Waals surface area contributed by atoms with Gasteiger partial charge in [-0.2, -0.15) is 0 Å². The van der Waals surface area contributed by atoms with Crippen molar-refractivity contribution in [1.82, 2.24) is 16.0 Å². The minimum atomic E-state index is -2.59. The van der Waals surface area contributed by atoms with E-state index in [0.717, 1.165) is 13.8 Å². The molecule has 25 heteroatoms. The van der Waals surface area contributed by atoms with Crippen molar-refractivity contribution in [2.75, 3.05) is 13.2 Å². The molecule has 102 heavy (non-hydrogen) atoms. The van der Waals surface area contributed by atoms with Crippen LogP contribution in [-0.4, -0.2) is 147 Å². The number of aliphatic hydroxyl groups is 2. The number of unbranched alkanes of at least 4 members (excludes halogenated alkanes) is 2. The summed E-state index contributed by atoms with van der Waals surface area (Å²) < 4.78 is 43.6. The zero-order chi connectivity index (χ0) is 73.3. The van der Waals surface area contributed by atoms with Crippen LogP contribution >= 0.6 is 0 Å². The fraction of sp³-hybridized carbons (Fsp3) is 0.364. The number of carbonyl (C=O) groups is 10. The van der Waals surface area contributed by atoms with Gasteiger partial charge < -0.3 is 69.2 Å². The number of benzene rings is 6. The average Bonchev–Trinajstić information content (AvgIpc) is 0.667. The van der Waals surface area contributed by atoms with Gasteiger partial charge in [-0.3, -0.25) is 33.6 Å². The highest BCUT2D eigenvalue weighted by molar-refractivity contribution is 6.09. The Bertz CT molecular complexity index is 4530. The number of aromatic hydroxyl groups is 1. The van der Waals surface area contributed by atoms with Crippen LogP contribution in [0, 0.1) is 16.7 Å². The first-order valence-corrected chi connectivity index (χ1v) is 33.4. The monoisotopic (exact) mass is 1400 g/mol. The van der Waals surface area contributed by atoms with Crippen molar-refractivity contribution in [2.45, 2.75) is 147 Å². The predicted octanol–water partition coefficient (Wildman–Crippen LogP) is 8.06. The summed E-state index contributed by atoms with van der Waals surface area (Å²) >= 11 is 0. The number of fused-ring (bicyclic) bond motifs is 7. The van der Waals surface area contributed by atoms with Gasteiger partial charge in [-0.1, -0.05) is 93.1 Å². The van der Waals surface area contributed by atoms with Crippen LogP contribution in [-0.2, 0) is 57.2 Å². The second-order valence-electron chi connectivity index (χ2n) is 27.0. The lowest BCUT2D eigenvalue weighted by Crippen LogP contribution is -2.82. The Morgan fingerprint density at radius 2 is 1.36 bits per heavy atom. The SMILES string of the molecule is CC(=O)O[C@H]1C(=O)[C@]2(C)[C@@H](OC(=O)[C@H](C)NC(=O)CCCCCNC(=O)c3ccc(-c4c5ccc(=O)cc-5oc5cc(O)ccc45)c(C(=O)O)c3)C[C@H]3OC[C@@]3(OC(C)=O)[C@H]2[C@H](OC(=O)c2ccccc2)[C@]2(O)C[C@H](OC(=O)[C@H](O)[C@@H](NC(=O)c3ccccc3)c3ccccc3)C(C)=C1C2(C)C. The Balaban J connectivity index is 0.834. The van der Waals surface area contributed by atoms with E-state index >= 15 is 4.79 Å². The number of carbonyl (C=O) groups excluding carboxylic acids is 9. The van der Waals surface area contributed by atoms with Crippen LogP contribution in [0.1, 0.15) is 140 Å². The van der Waals surface area contributed by atoms with E-state index in [9.17, 15) is 68.4 Å². The molecule has 25 nitrogen and oxygen atoms in total. The van der Waals surface area contributed by atoms with Crippen LogP contribution < -0.4 is 21.4 Å². The second-order valence-corrected chi connectivity index (χ2v) is 27.0. The molecule has 0 radical (unpaired) electrons. The average molecular weight is 1400 g/mol. The maximum atomic E-state index is 16.5. The standard InChI is InChI=1S/C77H77N3O22/c1-40-56(99-73(94)63(86)62(44-20-12-8-13-21-44)80-69(89)45-22-14-9-15-23-45)38-77(95)67(101-72(93)46-24-16-10-17-25-46)65-75(7,66(87)64(97-42(3)81)61(40)74(77,5)6)57(37-58-76(65,39-96-58)102-43(4)82)100-71(92)41(2)79-59(85)26-18-11-19-33-78-68(88)47-27-30-50(53(34-47)70(90)91)60-51-31-28-48(83)35-54(51)98-55-36-49(84)29-32-52(55)60/h8-10,12-17,20-25,27-32,34-36,41,56-58,62-65,67,83,86,95H,11,18-19,26,33,37-39H2,1-7H3,(H,78,88)(H,79,85)(H,80,89)(H,90,91)/t41-,56-,57-,58+,62-,63+,64+,65-,67-,75+,76-,77+/m0/s1. The van der Waals surface area contributed by atoms with Crippen LogP contribution in [0.5, 0.6) is 5.75 Å². The maximum absolute atomic E-state index is 16.5. The maximum Gasteiger partial charge on any atom is 0.338 e. The number of carboxylic acid groups (broad SMARTS) is 1. The first-order valence-electron chi connectivity index (χ1n) is 33.4. The van der Waals surface area contributed by atoms with E-state index in [1.807, 2.05) is 0 Å². The summed E-state index contributed by atoms with van der Waals surface area (Å²) in [5, 5.41) is 55.5. The summed E-state index contributed by atoms with van der Waals surface area (Å²) in [5.41, 5.74) is -7.65. The van der Waals surface area contributed by atoms with E-state index in [0.29, 0.717) is 34.9 Å². The summed E-state index contributed by atoms with van der Waals surface area (Å²) in [5.74, 6) is -11.2. The third kappa shape index (κ3) is 13.8. The van der Waals surface area contributed by atoms with E-state index in [1.54, 1.807) is 72.8 Å². The van der Waals surface area contributed by atoms with Gasteiger partial charge in [-0.15, -0.1) is 0 Å². The zero-order valence-corrected chi connectivity index (χ0v) is 56.8. The molecule has 2 aliphatic heterocycles. The molecule has 532 valence electrons. The normalized spacial score (nSPS) is 24.1. The number of phenols is 1. The van der Waals surface area contributed by atoms with Crippen LogP contribution in [0.2, 0.25) is 0 Å². The van der Waals surface area contributed by atoms with Crippen LogP contribution in [0.4, 0.5) is 0 Å². The summed E-state index contributed by atoms with van der Waals surface area (Å²) in [6, 6.07) is 33.4. The van der Waals surface area contributed by atoms with Crippen molar-refractivity contribution >= 4 is 70.3 Å². The topological polar surface area (TPSA) is 373 Å². The lowest BCUT2D eigenvalue weighted by atomic mass is 9.44. The van der Waals surface area contributed by atoms with Gasteiger partial charge in [0.1, 0.15) is 53.2 Å². The number of Topliss-reactive ketones (excluding diaryl/α,β-unsaturated/α-hetero) is 1. The number of ketones is 1. The van der Waals surface area contributed by atoms with Crippen molar-refractivity contribution in [3.05, 3.63) is 195 Å². The highest BCUT2D eigenvalue weighted by atomic mass is 16.6. The molecular formula is C77H77N3O22. The predicted molar refractivity (Wildman–Crippen MR) is 363 cm³/mol. The number of rotatable bonds is 22. The Morgan fingerprint density at radius 1 is 0.696 bits per heavy atom. The molecule has 0 spiro atoms. The van der Waals surface area contributed by atoms with Gasteiger partial charge in [0.15, 0.2) is 29.0 Å². The second kappa shape index (κ2) is 29.0. The number of nitrogens with one attached hydrogen (secondary N) is 3. The molecule has 6 aliphatic rings. The first kappa shape index (κ1) is 72.4. The fourth-order valence-electron chi connectivity index (χ4n) is 15.1.